The molecule has 3 saturated heterocycles. The zero-order valence-electron chi connectivity index (χ0n) is 16.8. The van der Waals surface area contributed by atoms with Crippen molar-refractivity contribution < 1.29 is 14.3 Å². The number of likely N-dealkylation sites (tertiary alicyclic amines) is 1. The molecule has 6 nitrogen and oxygen atoms in total. The van der Waals surface area contributed by atoms with Crippen LogP contribution in [0.2, 0.25) is 0 Å². The highest BCUT2D eigenvalue weighted by Gasteiger charge is 2.47. The van der Waals surface area contributed by atoms with E-state index >= 15 is 0 Å². The lowest BCUT2D eigenvalue weighted by Crippen LogP contribution is -2.62. The lowest BCUT2D eigenvalue weighted by atomic mass is 9.88. The van der Waals surface area contributed by atoms with Crippen LogP contribution in [-0.4, -0.2) is 72.1 Å². The Kier molecular flexibility index (Phi) is 5.43. The van der Waals surface area contributed by atoms with Crippen LogP contribution in [0.15, 0.2) is 30.3 Å². The largest absolute Gasteiger partial charge is 0.371 e. The minimum Gasteiger partial charge on any atom is -0.371 e. The van der Waals surface area contributed by atoms with E-state index in [0.717, 1.165) is 38.9 Å². The minimum absolute atomic E-state index is 0.0226. The summed E-state index contributed by atoms with van der Waals surface area (Å²) >= 11 is 0. The van der Waals surface area contributed by atoms with E-state index in [9.17, 15) is 9.59 Å². The van der Waals surface area contributed by atoms with Gasteiger partial charge < -0.3 is 19.9 Å². The van der Waals surface area contributed by atoms with E-state index in [-0.39, 0.29) is 17.4 Å². The van der Waals surface area contributed by atoms with E-state index in [1.807, 2.05) is 11.8 Å². The Labute approximate surface area is 167 Å². The van der Waals surface area contributed by atoms with Crippen LogP contribution >= 0.6 is 0 Å². The fraction of sp³-hybridized carbons (Fsp3) is 0.636. The van der Waals surface area contributed by atoms with Gasteiger partial charge >= 0.3 is 0 Å². The van der Waals surface area contributed by atoms with Crippen molar-refractivity contribution in [2.45, 2.75) is 50.2 Å². The molecule has 2 amide bonds. The molecular formula is C22H31N3O3. The summed E-state index contributed by atoms with van der Waals surface area (Å²) in [5.41, 5.74) is 0.405. The first-order valence-corrected chi connectivity index (χ1v) is 10.5. The first kappa shape index (κ1) is 19.4. The van der Waals surface area contributed by atoms with Crippen LogP contribution in [0.1, 0.15) is 38.2 Å². The normalized spacial score (nSPS) is 27.8. The summed E-state index contributed by atoms with van der Waals surface area (Å²) in [6.07, 6.45) is 4.00. The van der Waals surface area contributed by atoms with Crippen LogP contribution in [-0.2, 0) is 20.7 Å². The van der Waals surface area contributed by atoms with Gasteiger partial charge in [-0.1, -0.05) is 30.3 Å². The van der Waals surface area contributed by atoms with Crippen LogP contribution in [0.3, 0.4) is 0 Å². The van der Waals surface area contributed by atoms with Gasteiger partial charge in [0.2, 0.25) is 11.8 Å². The number of nitrogens with one attached hydrogen (secondary N) is 1. The van der Waals surface area contributed by atoms with Gasteiger partial charge in [-0.15, -0.1) is 0 Å². The summed E-state index contributed by atoms with van der Waals surface area (Å²) in [6.45, 7) is 6.76. The van der Waals surface area contributed by atoms with Crippen molar-refractivity contribution in [3.63, 3.8) is 0 Å². The topological polar surface area (TPSA) is 61.9 Å². The second-order valence-corrected chi connectivity index (χ2v) is 8.72. The third-order valence-electron chi connectivity index (χ3n) is 6.60. The maximum atomic E-state index is 13.1. The standard InChI is InChI=1S/C22H31N3O3/c1-21(9-7-19(26)23-21)20(27)25-15-16-28-22(17-25)10-13-24(14-11-22)12-8-18-5-3-2-4-6-18/h2-6H,7-17H2,1H3,(H,23,26)/t21-/m0/s1. The highest BCUT2D eigenvalue weighted by molar-refractivity contribution is 5.94. The van der Waals surface area contributed by atoms with Crippen molar-refractivity contribution in [1.82, 2.24) is 15.1 Å². The Morgan fingerprint density at radius 1 is 1.14 bits per heavy atom. The molecule has 28 heavy (non-hydrogen) atoms. The number of carbonyl (C=O) groups excluding carboxylic acids is 2. The summed E-state index contributed by atoms with van der Waals surface area (Å²) in [6, 6.07) is 10.6. The predicted octanol–water partition coefficient (Wildman–Crippen LogP) is 1.59. The monoisotopic (exact) mass is 385 g/mol. The van der Waals surface area contributed by atoms with E-state index in [2.05, 4.69) is 40.5 Å². The van der Waals surface area contributed by atoms with Crippen molar-refractivity contribution in [1.29, 1.82) is 0 Å². The molecule has 3 heterocycles. The molecule has 4 rings (SSSR count). The highest BCUT2D eigenvalue weighted by atomic mass is 16.5. The summed E-state index contributed by atoms with van der Waals surface area (Å²) in [7, 11) is 0. The van der Waals surface area contributed by atoms with Gasteiger partial charge in [-0.3, -0.25) is 9.59 Å². The zero-order valence-corrected chi connectivity index (χ0v) is 16.8. The van der Waals surface area contributed by atoms with Crippen molar-refractivity contribution in [3.8, 4) is 0 Å². The summed E-state index contributed by atoms with van der Waals surface area (Å²) < 4.78 is 6.21. The first-order valence-electron chi connectivity index (χ1n) is 10.5. The quantitative estimate of drug-likeness (QED) is 0.855. The van der Waals surface area contributed by atoms with Gasteiger partial charge in [0, 0.05) is 39.1 Å². The van der Waals surface area contributed by atoms with Gasteiger partial charge in [0.15, 0.2) is 0 Å². The molecule has 1 N–H and O–H groups in total. The molecule has 3 fully saturated rings. The number of piperidine rings is 1. The Morgan fingerprint density at radius 2 is 1.89 bits per heavy atom. The molecule has 1 aromatic carbocycles. The molecule has 0 aliphatic carbocycles. The van der Waals surface area contributed by atoms with Gasteiger partial charge in [0.25, 0.3) is 0 Å². The third kappa shape index (κ3) is 4.08. The lowest BCUT2D eigenvalue weighted by Gasteiger charge is -2.48. The number of hydrogen-bond donors (Lipinski definition) is 1. The smallest absolute Gasteiger partial charge is 0.248 e. The van der Waals surface area contributed by atoms with Crippen LogP contribution < -0.4 is 5.32 Å². The summed E-state index contributed by atoms with van der Waals surface area (Å²) in [4.78, 5) is 29.1. The Hall–Kier alpha value is -1.92. The number of carbonyl (C=O) groups is 2. The molecule has 1 spiro atoms. The molecule has 3 aliphatic rings. The number of morpholine rings is 1. The molecule has 0 saturated carbocycles. The van der Waals surface area contributed by atoms with Gasteiger partial charge in [0.05, 0.1) is 12.2 Å². The van der Waals surface area contributed by atoms with E-state index in [1.165, 1.54) is 5.56 Å². The highest BCUT2D eigenvalue weighted by Crippen LogP contribution is 2.32. The van der Waals surface area contributed by atoms with E-state index in [4.69, 9.17) is 4.74 Å². The SMILES string of the molecule is C[C@@]1(C(=O)N2CCOC3(CCN(CCc4ccccc4)CC3)C2)CCC(=O)N1. The molecule has 0 bridgehead atoms. The second kappa shape index (κ2) is 7.84. The maximum Gasteiger partial charge on any atom is 0.248 e. The number of nitrogens with zero attached hydrogens (tertiary/aromatic N) is 2. The fourth-order valence-electron chi connectivity index (χ4n) is 4.74. The molecule has 3 aliphatic heterocycles. The van der Waals surface area contributed by atoms with Gasteiger partial charge in [-0.25, -0.2) is 0 Å². The zero-order chi connectivity index (χ0) is 19.6. The molecule has 1 aromatic rings. The van der Waals surface area contributed by atoms with Gasteiger partial charge in [-0.05, 0) is 38.2 Å². The summed E-state index contributed by atoms with van der Waals surface area (Å²) in [5.74, 6) is 0.0260. The molecular weight excluding hydrogens is 354 g/mol. The average molecular weight is 386 g/mol. The molecule has 0 aromatic heterocycles. The van der Waals surface area contributed by atoms with Crippen molar-refractivity contribution >= 4 is 11.8 Å². The lowest BCUT2D eigenvalue weighted by molar-refractivity contribution is -0.164. The Bertz CT molecular complexity index is 715. The van der Waals surface area contributed by atoms with E-state index in [0.29, 0.717) is 32.5 Å². The Morgan fingerprint density at radius 3 is 2.57 bits per heavy atom. The Balaban J connectivity index is 1.31. The average Bonchev–Trinajstić information content (AvgIpc) is 3.08. The first-order chi connectivity index (χ1) is 13.5. The maximum absolute atomic E-state index is 13.1. The van der Waals surface area contributed by atoms with Crippen LogP contribution in [0.4, 0.5) is 0 Å². The van der Waals surface area contributed by atoms with Crippen LogP contribution in [0, 0.1) is 0 Å². The molecule has 0 unspecified atom stereocenters. The molecule has 152 valence electrons. The molecule has 6 heteroatoms. The van der Waals surface area contributed by atoms with Crippen molar-refractivity contribution in [3.05, 3.63) is 35.9 Å². The molecule has 1 atom stereocenters. The number of hydrogen-bond acceptors (Lipinski definition) is 4. The van der Waals surface area contributed by atoms with Crippen molar-refractivity contribution in [2.24, 2.45) is 0 Å². The number of ether oxygens (including phenoxy) is 1. The minimum atomic E-state index is -0.744. The number of benzene rings is 1. The van der Waals surface area contributed by atoms with Gasteiger partial charge in [0.1, 0.15) is 5.54 Å². The summed E-state index contributed by atoms with van der Waals surface area (Å²) in [5, 5.41) is 2.88. The predicted molar refractivity (Wildman–Crippen MR) is 107 cm³/mol. The molecule has 0 radical (unpaired) electrons. The van der Waals surface area contributed by atoms with Crippen molar-refractivity contribution in [2.75, 3.05) is 39.3 Å². The van der Waals surface area contributed by atoms with Gasteiger partial charge in [-0.2, -0.15) is 0 Å². The second-order valence-electron chi connectivity index (χ2n) is 8.72. The van der Waals surface area contributed by atoms with E-state index in [1.54, 1.807) is 0 Å². The third-order valence-corrected chi connectivity index (χ3v) is 6.60. The van der Waals surface area contributed by atoms with E-state index < -0.39 is 5.54 Å². The number of amides is 2. The fourth-order valence-corrected chi connectivity index (χ4v) is 4.74. The van der Waals surface area contributed by atoms with Crippen LogP contribution in [0.25, 0.3) is 0 Å². The number of rotatable bonds is 4. The van der Waals surface area contributed by atoms with Crippen LogP contribution in [0.5, 0.6) is 0 Å².